The number of esters is 1. The SMILES string of the molecule is COC(=O)[C@H](Cc1cccc2c(-c3nccc4c(CCN(C)C)cccc34)cccc12)NC(=O)OC(C)(C)C. The van der Waals surface area contributed by atoms with Crippen LogP contribution in [0.2, 0.25) is 0 Å². The number of alkyl carbamates (subject to hydrolysis) is 1. The summed E-state index contributed by atoms with van der Waals surface area (Å²) in [6.45, 7) is 6.29. The Morgan fingerprint density at radius 1 is 0.897 bits per heavy atom. The zero-order chi connectivity index (χ0) is 28.2. The summed E-state index contributed by atoms with van der Waals surface area (Å²) in [7, 11) is 5.48. The van der Waals surface area contributed by atoms with Crippen LogP contribution in [0.1, 0.15) is 31.9 Å². The number of likely N-dealkylation sites (N-methyl/N-ethyl adjacent to an activating group) is 1. The van der Waals surface area contributed by atoms with Gasteiger partial charge in [0.2, 0.25) is 0 Å². The minimum Gasteiger partial charge on any atom is -0.467 e. The third kappa shape index (κ3) is 6.73. The average molecular weight is 528 g/mol. The zero-order valence-electron chi connectivity index (χ0n) is 23.6. The number of carbonyl (C=O) groups excluding carboxylic acids is 2. The second kappa shape index (κ2) is 11.8. The Bertz CT molecular complexity index is 1490. The molecule has 39 heavy (non-hydrogen) atoms. The number of rotatable bonds is 8. The largest absolute Gasteiger partial charge is 0.467 e. The van der Waals surface area contributed by atoms with Crippen molar-refractivity contribution in [1.29, 1.82) is 0 Å². The Morgan fingerprint density at radius 2 is 1.54 bits per heavy atom. The molecule has 0 radical (unpaired) electrons. The van der Waals surface area contributed by atoms with Crippen molar-refractivity contribution in [2.75, 3.05) is 27.7 Å². The van der Waals surface area contributed by atoms with Gasteiger partial charge >= 0.3 is 12.1 Å². The molecule has 4 aromatic rings. The van der Waals surface area contributed by atoms with Gasteiger partial charge in [-0.3, -0.25) is 4.98 Å². The van der Waals surface area contributed by atoms with Gasteiger partial charge in [-0.25, -0.2) is 9.59 Å². The number of nitrogens with one attached hydrogen (secondary N) is 1. The predicted molar refractivity (Wildman–Crippen MR) is 156 cm³/mol. The van der Waals surface area contributed by atoms with Gasteiger partial charge in [0.15, 0.2) is 0 Å². The Balaban J connectivity index is 1.74. The molecule has 0 aliphatic heterocycles. The number of fused-ring (bicyclic) bond motifs is 2. The molecule has 0 fully saturated rings. The van der Waals surface area contributed by atoms with Crippen molar-refractivity contribution in [1.82, 2.24) is 15.2 Å². The van der Waals surface area contributed by atoms with Crippen LogP contribution in [-0.2, 0) is 27.1 Å². The lowest BCUT2D eigenvalue weighted by atomic mass is 9.92. The maximum atomic E-state index is 12.6. The third-order valence-electron chi connectivity index (χ3n) is 6.59. The van der Waals surface area contributed by atoms with Crippen LogP contribution in [0.3, 0.4) is 0 Å². The standard InChI is InChI=1S/C32H37N3O4/c1-32(2,3)39-31(37)34-28(30(36)38-6)20-22-11-8-13-25-23(22)12-9-15-27(25)29-26-14-7-10-21(17-19-35(4)5)24(26)16-18-33-29/h7-16,18,28H,17,19-20H2,1-6H3,(H,34,37)/t28-/m0/s1. The molecule has 1 heterocycles. The quantitative estimate of drug-likeness (QED) is 0.293. The molecule has 0 unspecified atom stereocenters. The third-order valence-corrected chi connectivity index (χ3v) is 6.59. The Morgan fingerprint density at radius 3 is 2.23 bits per heavy atom. The Labute approximate surface area is 230 Å². The molecule has 7 heteroatoms. The highest BCUT2D eigenvalue weighted by atomic mass is 16.6. The fraction of sp³-hybridized carbons (Fsp3) is 0.344. The molecular formula is C32H37N3O4. The van der Waals surface area contributed by atoms with Gasteiger partial charge in [-0.05, 0) is 74.6 Å². The van der Waals surface area contributed by atoms with Gasteiger partial charge in [-0.2, -0.15) is 0 Å². The summed E-state index contributed by atoms with van der Waals surface area (Å²) in [4.78, 5) is 32.1. The number of carbonyl (C=O) groups is 2. The predicted octanol–water partition coefficient (Wildman–Crippen LogP) is 5.77. The Kier molecular flexibility index (Phi) is 8.51. The second-order valence-electron chi connectivity index (χ2n) is 11.0. The fourth-order valence-electron chi connectivity index (χ4n) is 4.81. The lowest BCUT2D eigenvalue weighted by Gasteiger charge is -2.23. The van der Waals surface area contributed by atoms with E-state index in [1.807, 2.05) is 30.5 Å². The molecule has 7 nitrogen and oxygen atoms in total. The number of nitrogens with zero attached hydrogens (tertiary/aromatic N) is 2. The normalized spacial score (nSPS) is 12.5. The van der Waals surface area contributed by atoms with Crippen LogP contribution < -0.4 is 5.32 Å². The summed E-state index contributed by atoms with van der Waals surface area (Å²) in [5.41, 5.74) is 3.45. The molecule has 1 atom stereocenters. The minimum atomic E-state index is -0.894. The second-order valence-corrected chi connectivity index (χ2v) is 11.0. The van der Waals surface area contributed by atoms with Crippen molar-refractivity contribution in [2.24, 2.45) is 0 Å². The van der Waals surface area contributed by atoms with E-state index >= 15 is 0 Å². The molecule has 0 aliphatic rings. The summed E-state index contributed by atoms with van der Waals surface area (Å²) in [5.74, 6) is -0.532. The van der Waals surface area contributed by atoms with E-state index < -0.39 is 23.7 Å². The highest BCUT2D eigenvalue weighted by Gasteiger charge is 2.26. The maximum absolute atomic E-state index is 12.6. The Hall–Kier alpha value is -3.97. The first-order valence-corrected chi connectivity index (χ1v) is 13.2. The van der Waals surface area contributed by atoms with Crippen molar-refractivity contribution in [2.45, 2.75) is 45.3 Å². The molecule has 0 saturated heterocycles. The highest BCUT2D eigenvalue weighted by molar-refractivity contribution is 6.05. The van der Waals surface area contributed by atoms with Gasteiger partial charge < -0.3 is 19.7 Å². The number of hydrogen-bond donors (Lipinski definition) is 1. The lowest BCUT2D eigenvalue weighted by molar-refractivity contribution is -0.143. The zero-order valence-corrected chi connectivity index (χ0v) is 23.6. The van der Waals surface area contributed by atoms with Crippen molar-refractivity contribution < 1.29 is 19.1 Å². The first kappa shape index (κ1) is 28.0. The fourth-order valence-corrected chi connectivity index (χ4v) is 4.81. The van der Waals surface area contributed by atoms with E-state index in [0.717, 1.165) is 45.9 Å². The van der Waals surface area contributed by atoms with Crippen molar-refractivity contribution in [3.8, 4) is 11.3 Å². The van der Waals surface area contributed by atoms with Gasteiger partial charge in [0.05, 0.1) is 12.8 Å². The van der Waals surface area contributed by atoms with E-state index in [4.69, 9.17) is 14.5 Å². The summed E-state index contributed by atoms with van der Waals surface area (Å²) in [5, 5.41) is 6.99. The molecule has 0 bridgehead atoms. The molecular weight excluding hydrogens is 490 g/mol. The monoisotopic (exact) mass is 527 g/mol. The first-order chi connectivity index (χ1) is 18.6. The van der Waals surface area contributed by atoms with Crippen LogP contribution >= 0.6 is 0 Å². The van der Waals surface area contributed by atoms with Gasteiger partial charge in [0.1, 0.15) is 11.6 Å². The number of ether oxygens (including phenoxy) is 2. The summed E-state index contributed by atoms with van der Waals surface area (Å²) in [6.07, 6.45) is 2.42. The number of aromatic nitrogens is 1. The average Bonchev–Trinajstić information content (AvgIpc) is 2.89. The molecule has 1 N–H and O–H groups in total. The number of hydrogen-bond acceptors (Lipinski definition) is 6. The molecule has 204 valence electrons. The van der Waals surface area contributed by atoms with Crippen LogP contribution in [0.15, 0.2) is 66.9 Å². The van der Waals surface area contributed by atoms with E-state index in [1.54, 1.807) is 20.8 Å². The maximum Gasteiger partial charge on any atom is 0.408 e. The lowest BCUT2D eigenvalue weighted by Crippen LogP contribution is -2.45. The van der Waals surface area contributed by atoms with Crippen LogP contribution in [0, 0.1) is 0 Å². The molecule has 0 aliphatic carbocycles. The van der Waals surface area contributed by atoms with Gasteiger partial charge in [-0.15, -0.1) is 0 Å². The van der Waals surface area contributed by atoms with Gasteiger partial charge in [0.25, 0.3) is 0 Å². The van der Waals surface area contributed by atoms with E-state index in [1.165, 1.54) is 18.1 Å². The van der Waals surface area contributed by atoms with E-state index in [0.29, 0.717) is 0 Å². The molecule has 0 saturated carbocycles. The minimum absolute atomic E-state index is 0.254. The van der Waals surface area contributed by atoms with Crippen LogP contribution in [0.25, 0.3) is 32.8 Å². The number of methoxy groups -OCH3 is 1. The van der Waals surface area contributed by atoms with Crippen LogP contribution in [0.5, 0.6) is 0 Å². The smallest absolute Gasteiger partial charge is 0.408 e. The number of benzene rings is 3. The van der Waals surface area contributed by atoms with Crippen molar-refractivity contribution in [3.05, 3.63) is 78.0 Å². The number of pyridine rings is 1. The van der Waals surface area contributed by atoms with Crippen molar-refractivity contribution in [3.63, 3.8) is 0 Å². The van der Waals surface area contributed by atoms with Crippen molar-refractivity contribution >= 4 is 33.6 Å². The summed E-state index contributed by atoms with van der Waals surface area (Å²) in [6, 6.07) is 19.7. The molecule has 4 rings (SSSR count). The van der Waals surface area contributed by atoms with Gasteiger partial charge in [0, 0.05) is 30.1 Å². The van der Waals surface area contributed by atoms with Crippen LogP contribution in [-0.4, -0.2) is 61.3 Å². The first-order valence-electron chi connectivity index (χ1n) is 13.2. The van der Waals surface area contributed by atoms with E-state index in [2.05, 4.69) is 60.7 Å². The van der Waals surface area contributed by atoms with Crippen LogP contribution in [0.4, 0.5) is 4.79 Å². The molecule has 1 aromatic heterocycles. The topological polar surface area (TPSA) is 80.8 Å². The number of amides is 1. The van der Waals surface area contributed by atoms with Gasteiger partial charge in [-0.1, -0.05) is 54.6 Å². The summed E-state index contributed by atoms with van der Waals surface area (Å²) < 4.78 is 10.4. The molecule has 1 amide bonds. The van der Waals surface area contributed by atoms with E-state index in [-0.39, 0.29) is 6.42 Å². The molecule has 0 spiro atoms. The molecule has 3 aromatic carbocycles. The highest BCUT2D eigenvalue weighted by Crippen LogP contribution is 2.34. The summed E-state index contributed by atoms with van der Waals surface area (Å²) >= 11 is 0. The van der Waals surface area contributed by atoms with E-state index in [9.17, 15) is 9.59 Å².